The van der Waals surface area contributed by atoms with E-state index in [0.717, 1.165) is 18.5 Å². The number of hydrogen-bond acceptors (Lipinski definition) is 4. The van der Waals surface area contributed by atoms with Gasteiger partial charge >= 0.3 is 0 Å². The van der Waals surface area contributed by atoms with E-state index in [-0.39, 0.29) is 17.5 Å². The van der Waals surface area contributed by atoms with E-state index in [0.29, 0.717) is 34.5 Å². The number of carbonyl (C=O) groups is 1. The number of amides is 1. The smallest absolute Gasteiger partial charge is 0.261 e. The molecule has 7 heteroatoms. The second kappa shape index (κ2) is 6.09. The van der Waals surface area contributed by atoms with Crippen molar-refractivity contribution in [2.24, 2.45) is 7.05 Å². The van der Waals surface area contributed by atoms with Gasteiger partial charge in [-0.2, -0.15) is 5.10 Å². The lowest BCUT2D eigenvalue weighted by Gasteiger charge is -2.26. The summed E-state index contributed by atoms with van der Waals surface area (Å²) >= 11 is 0. The lowest BCUT2D eigenvalue weighted by molar-refractivity contribution is 0.0726. The van der Waals surface area contributed by atoms with E-state index >= 15 is 0 Å². The zero-order chi connectivity index (χ0) is 18.4. The van der Waals surface area contributed by atoms with Crippen LogP contribution in [0.15, 0.2) is 29.1 Å². The maximum absolute atomic E-state index is 13.1. The van der Waals surface area contributed by atoms with Gasteiger partial charge in [0.15, 0.2) is 0 Å². The molecule has 1 amide bonds. The number of hydrogen-bond donors (Lipinski definition) is 1. The van der Waals surface area contributed by atoms with Crippen LogP contribution in [0.1, 0.15) is 46.5 Å². The summed E-state index contributed by atoms with van der Waals surface area (Å²) in [6.45, 7) is 4.32. The van der Waals surface area contributed by atoms with Gasteiger partial charge in [0.2, 0.25) is 0 Å². The Kier molecular flexibility index (Phi) is 3.86. The second-order valence-corrected chi connectivity index (χ2v) is 6.82. The first-order chi connectivity index (χ1) is 12.5. The van der Waals surface area contributed by atoms with Crippen LogP contribution in [0.5, 0.6) is 0 Å². The van der Waals surface area contributed by atoms with E-state index < -0.39 is 0 Å². The number of benzene rings is 1. The molecule has 1 unspecified atom stereocenters. The number of carbonyl (C=O) groups excluding carboxylic acids is 1. The molecule has 1 atom stereocenters. The van der Waals surface area contributed by atoms with Crippen molar-refractivity contribution in [3.63, 3.8) is 0 Å². The third kappa shape index (κ3) is 2.42. The van der Waals surface area contributed by atoms with E-state index in [9.17, 15) is 9.59 Å². The Hall–Kier alpha value is -2.96. The van der Waals surface area contributed by atoms with Gasteiger partial charge in [-0.3, -0.25) is 19.3 Å². The molecule has 0 radical (unpaired) electrons. The molecule has 1 aliphatic rings. The summed E-state index contributed by atoms with van der Waals surface area (Å²) in [5, 5.41) is 7.60. The van der Waals surface area contributed by atoms with Crippen molar-refractivity contribution in [3.8, 4) is 0 Å². The van der Waals surface area contributed by atoms with Gasteiger partial charge < -0.3 is 4.90 Å². The van der Waals surface area contributed by atoms with Gasteiger partial charge in [0.05, 0.1) is 28.2 Å². The van der Waals surface area contributed by atoms with Crippen molar-refractivity contribution in [2.45, 2.75) is 32.7 Å². The number of para-hydroxylation sites is 1. The quantitative estimate of drug-likeness (QED) is 0.767. The van der Waals surface area contributed by atoms with Crippen LogP contribution >= 0.6 is 0 Å². The van der Waals surface area contributed by atoms with E-state index in [1.54, 1.807) is 17.7 Å². The molecule has 134 valence electrons. The Bertz CT molecular complexity index is 1050. The predicted molar refractivity (Wildman–Crippen MR) is 98.1 cm³/mol. The first-order valence-corrected chi connectivity index (χ1v) is 8.77. The van der Waals surface area contributed by atoms with Crippen LogP contribution in [-0.2, 0) is 7.05 Å². The Morgan fingerprint density at radius 3 is 2.77 bits per heavy atom. The third-order valence-corrected chi connectivity index (χ3v) is 5.17. The highest BCUT2D eigenvalue weighted by atomic mass is 16.2. The Morgan fingerprint density at radius 2 is 2.04 bits per heavy atom. The Morgan fingerprint density at radius 1 is 1.27 bits per heavy atom. The summed E-state index contributed by atoms with van der Waals surface area (Å²) in [4.78, 5) is 32.4. The number of rotatable bonds is 2. The lowest BCUT2D eigenvalue weighted by atomic mass is 10.1. The average Bonchev–Trinajstić information content (AvgIpc) is 3.24. The molecule has 0 aliphatic carbocycles. The summed E-state index contributed by atoms with van der Waals surface area (Å²) < 4.78 is 1.58. The molecule has 7 nitrogen and oxygen atoms in total. The fourth-order valence-corrected chi connectivity index (χ4v) is 3.82. The van der Waals surface area contributed by atoms with Crippen LogP contribution < -0.4 is 5.56 Å². The van der Waals surface area contributed by atoms with Gasteiger partial charge in [-0.1, -0.05) is 12.1 Å². The molecule has 0 saturated carbocycles. The highest BCUT2D eigenvalue weighted by Crippen LogP contribution is 2.32. The van der Waals surface area contributed by atoms with Gasteiger partial charge in [-0.15, -0.1) is 0 Å². The van der Waals surface area contributed by atoms with Crippen molar-refractivity contribution in [1.29, 1.82) is 0 Å². The fraction of sp³-hybridized carbons (Fsp3) is 0.368. The largest absolute Gasteiger partial charge is 0.328 e. The van der Waals surface area contributed by atoms with Crippen LogP contribution in [0.25, 0.3) is 10.9 Å². The molecule has 1 aliphatic heterocycles. The summed E-state index contributed by atoms with van der Waals surface area (Å²) in [5.74, 6) is 0.581. The normalized spacial score (nSPS) is 17.2. The zero-order valence-electron chi connectivity index (χ0n) is 15.1. The fourth-order valence-electron chi connectivity index (χ4n) is 3.82. The number of nitrogens with one attached hydrogen (secondary N) is 1. The zero-order valence-corrected chi connectivity index (χ0v) is 15.1. The van der Waals surface area contributed by atoms with Crippen molar-refractivity contribution in [1.82, 2.24) is 24.6 Å². The monoisotopic (exact) mass is 351 g/mol. The number of aromatic nitrogens is 4. The van der Waals surface area contributed by atoms with Crippen LogP contribution in [0.3, 0.4) is 0 Å². The maximum atomic E-state index is 13.1. The molecule has 1 aromatic carbocycles. The second-order valence-electron chi connectivity index (χ2n) is 6.82. The Balaban J connectivity index is 1.80. The van der Waals surface area contributed by atoms with Gasteiger partial charge in [0.25, 0.3) is 11.5 Å². The summed E-state index contributed by atoms with van der Waals surface area (Å²) in [7, 11) is 1.73. The van der Waals surface area contributed by atoms with Crippen molar-refractivity contribution >= 4 is 16.8 Å². The Labute approximate surface area is 150 Å². The minimum absolute atomic E-state index is 0.0568. The summed E-state index contributed by atoms with van der Waals surface area (Å²) in [5.41, 5.74) is 2.65. The van der Waals surface area contributed by atoms with Crippen LogP contribution in [0, 0.1) is 13.8 Å². The minimum Gasteiger partial charge on any atom is -0.328 e. The topological polar surface area (TPSA) is 83.9 Å². The molecule has 0 bridgehead atoms. The van der Waals surface area contributed by atoms with E-state index in [2.05, 4.69) is 10.2 Å². The first-order valence-electron chi connectivity index (χ1n) is 8.77. The van der Waals surface area contributed by atoms with Crippen molar-refractivity contribution in [2.75, 3.05) is 6.54 Å². The number of likely N-dealkylation sites (tertiary alicyclic amines) is 1. The highest BCUT2D eigenvalue weighted by Gasteiger charge is 2.35. The molecule has 1 fully saturated rings. The predicted octanol–water partition coefficient (Wildman–Crippen LogP) is 2.25. The number of aryl methyl sites for hydroxylation is 2. The molecule has 3 aromatic rings. The molecule has 1 saturated heterocycles. The summed E-state index contributed by atoms with van der Waals surface area (Å²) in [6, 6.07) is 7.11. The molecule has 4 rings (SSSR count). The number of nitrogens with zero attached hydrogens (tertiary/aromatic N) is 4. The van der Waals surface area contributed by atoms with Crippen LogP contribution in [-0.4, -0.2) is 37.1 Å². The minimum atomic E-state index is -0.210. The van der Waals surface area contributed by atoms with Crippen LogP contribution in [0.2, 0.25) is 0 Å². The van der Waals surface area contributed by atoms with Crippen molar-refractivity contribution in [3.05, 3.63) is 57.4 Å². The standard InChI is InChI=1S/C19H21N5O2/c1-11-16(12(2)22-21-11)19(26)24-10-6-9-15(24)17-20-14-8-5-4-7-13(14)18(25)23(17)3/h4-5,7-8,15H,6,9-10H2,1-3H3,(H,21,22). The lowest BCUT2D eigenvalue weighted by Crippen LogP contribution is -2.35. The SMILES string of the molecule is Cc1n[nH]c(C)c1C(=O)N1CCCC1c1nc2ccccc2c(=O)n1C. The average molecular weight is 351 g/mol. The molecule has 0 spiro atoms. The van der Waals surface area contributed by atoms with Gasteiger partial charge in [-0.25, -0.2) is 4.98 Å². The number of fused-ring (bicyclic) bond motifs is 1. The maximum Gasteiger partial charge on any atom is 0.261 e. The van der Waals surface area contributed by atoms with Crippen LogP contribution in [0.4, 0.5) is 0 Å². The molecule has 3 heterocycles. The van der Waals surface area contributed by atoms with E-state index in [4.69, 9.17) is 4.98 Å². The van der Waals surface area contributed by atoms with E-state index in [1.807, 2.05) is 36.9 Å². The highest BCUT2D eigenvalue weighted by molar-refractivity contribution is 5.96. The van der Waals surface area contributed by atoms with Gasteiger partial charge in [-0.05, 0) is 38.8 Å². The van der Waals surface area contributed by atoms with Gasteiger partial charge in [0, 0.05) is 19.3 Å². The molecular formula is C19H21N5O2. The van der Waals surface area contributed by atoms with Gasteiger partial charge in [0.1, 0.15) is 5.82 Å². The number of aromatic amines is 1. The molecule has 2 aromatic heterocycles. The molecule has 26 heavy (non-hydrogen) atoms. The third-order valence-electron chi connectivity index (χ3n) is 5.17. The summed E-state index contributed by atoms with van der Waals surface area (Å²) in [6.07, 6.45) is 1.68. The number of H-pyrrole nitrogens is 1. The van der Waals surface area contributed by atoms with E-state index in [1.165, 1.54) is 0 Å². The molecular weight excluding hydrogens is 330 g/mol. The van der Waals surface area contributed by atoms with Crippen molar-refractivity contribution < 1.29 is 4.79 Å². The molecule has 1 N–H and O–H groups in total. The first kappa shape index (κ1) is 16.5.